The number of hydrogen-bond acceptors (Lipinski definition) is 4. The fourth-order valence-corrected chi connectivity index (χ4v) is 4.58. The van der Waals surface area contributed by atoms with Crippen LogP contribution in [0.15, 0.2) is 66.7 Å². The lowest BCUT2D eigenvalue weighted by molar-refractivity contribution is -0.126. The zero-order chi connectivity index (χ0) is 26.4. The van der Waals surface area contributed by atoms with Gasteiger partial charge in [0, 0.05) is 40.9 Å². The van der Waals surface area contributed by atoms with E-state index in [0.717, 1.165) is 12.0 Å². The minimum atomic E-state index is -0.415. The smallest absolute Gasteiger partial charge is 0.262 e. The third kappa shape index (κ3) is 7.24. The van der Waals surface area contributed by atoms with Gasteiger partial charge < -0.3 is 20.3 Å². The topological polar surface area (TPSA) is 87.7 Å². The Labute approximate surface area is 225 Å². The number of ether oxygens (including phenoxy) is 1. The fourth-order valence-electron chi connectivity index (χ4n) is 4.05. The molecule has 0 unspecified atom stereocenters. The van der Waals surface area contributed by atoms with E-state index in [1.165, 1.54) is 5.56 Å². The second kappa shape index (κ2) is 12.1. The lowest BCUT2D eigenvalue weighted by Gasteiger charge is -2.17. The number of carbonyl (C=O) groups excluding carboxylic acids is 3. The summed E-state index contributed by atoms with van der Waals surface area (Å²) in [7, 11) is 0. The number of anilines is 2. The third-order valence-electron chi connectivity index (χ3n) is 6.06. The average molecular weight is 540 g/mol. The molecular weight excluding hydrogens is 513 g/mol. The highest BCUT2D eigenvalue weighted by molar-refractivity contribution is 6.35. The van der Waals surface area contributed by atoms with Crippen molar-refractivity contribution in [3.8, 4) is 5.75 Å². The summed E-state index contributed by atoms with van der Waals surface area (Å²) in [6, 6.07) is 19.7. The molecule has 1 atom stereocenters. The van der Waals surface area contributed by atoms with Gasteiger partial charge in [-0.25, -0.2) is 0 Å². The summed E-state index contributed by atoms with van der Waals surface area (Å²) < 4.78 is 5.55. The minimum absolute atomic E-state index is 0.110. The van der Waals surface area contributed by atoms with E-state index in [4.69, 9.17) is 27.9 Å². The van der Waals surface area contributed by atoms with Crippen molar-refractivity contribution in [2.75, 3.05) is 23.4 Å². The van der Waals surface area contributed by atoms with E-state index in [0.29, 0.717) is 40.3 Å². The molecular formula is C28H27Cl2N3O4. The van der Waals surface area contributed by atoms with E-state index in [-0.39, 0.29) is 30.7 Å². The van der Waals surface area contributed by atoms with Crippen molar-refractivity contribution in [2.45, 2.75) is 26.3 Å². The molecule has 0 spiro atoms. The number of benzene rings is 3. The van der Waals surface area contributed by atoms with E-state index in [1.807, 2.05) is 12.1 Å². The molecule has 1 saturated heterocycles. The molecule has 37 heavy (non-hydrogen) atoms. The summed E-state index contributed by atoms with van der Waals surface area (Å²) in [5.41, 5.74) is 3.41. The van der Waals surface area contributed by atoms with Crippen LogP contribution in [0.1, 0.15) is 24.5 Å². The van der Waals surface area contributed by atoms with Crippen molar-refractivity contribution in [1.82, 2.24) is 5.32 Å². The molecule has 9 heteroatoms. The van der Waals surface area contributed by atoms with E-state index in [2.05, 4.69) is 29.7 Å². The molecule has 0 radical (unpaired) electrons. The summed E-state index contributed by atoms with van der Waals surface area (Å²) in [5, 5.41) is 6.44. The quantitative estimate of drug-likeness (QED) is 0.389. The second-order valence-corrected chi connectivity index (χ2v) is 9.65. The lowest BCUT2D eigenvalue weighted by atomic mass is 10.1. The number of hydrogen-bond donors (Lipinski definition) is 2. The minimum Gasteiger partial charge on any atom is -0.484 e. The highest BCUT2D eigenvalue weighted by Gasteiger charge is 2.35. The van der Waals surface area contributed by atoms with Gasteiger partial charge in [-0.15, -0.1) is 0 Å². The Hall–Kier alpha value is -3.55. The van der Waals surface area contributed by atoms with Crippen molar-refractivity contribution in [2.24, 2.45) is 5.92 Å². The first-order valence-corrected chi connectivity index (χ1v) is 12.7. The van der Waals surface area contributed by atoms with Crippen LogP contribution in [0.2, 0.25) is 10.0 Å². The van der Waals surface area contributed by atoms with Crippen molar-refractivity contribution < 1.29 is 19.1 Å². The Morgan fingerprint density at radius 1 is 0.973 bits per heavy atom. The molecule has 1 heterocycles. The Bertz CT molecular complexity index is 1260. The number of nitrogens with one attached hydrogen (secondary N) is 2. The van der Waals surface area contributed by atoms with Gasteiger partial charge in [0.1, 0.15) is 5.75 Å². The number of halogens is 2. The highest BCUT2D eigenvalue weighted by atomic mass is 35.5. The first-order chi connectivity index (χ1) is 17.8. The molecule has 2 N–H and O–H groups in total. The summed E-state index contributed by atoms with van der Waals surface area (Å²) in [4.78, 5) is 39.1. The van der Waals surface area contributed by atoms with E-state index < -0.39 is 5.92 Å². The van der Waals surface area contributed by atoms with Crippen LogP contribution >= 0.6 is 23.2 Å². The zero-order valence-electron chi connectivity index (χ0n) is 20.3. The Kier molecular flexibility index (Phi) is 8.69. The van der Waals surface area contributed by atoms with Gasteiger partial charge in [-0.2, -0.15) is 0 Å². The van der Waals surface area contributed by atoms with Gasteiger partial charge in [0.05, 0.1) is 5.92 Å². The molecule has 0 aromatic heterocycles. The molecule has 1 aliphatic rings. The Balaban J connectivity index is 1.26. The summed E-state index contributed by atoms with van der Waals surface area (Å²) in [6.45, 7) is 2.62. The summed E-state index contributed by atoms with van der Waals surface area (Å²) >= 11 is 11.9. The maximum atomic E-state index is 12.7. The number of nitrogens with zero attached hydrogens (tertiary/aromatic N) is 1. The number of rotatable bonds is 9. The van der Waals surface area contributed by atoms with Crippen LogP contribution in [0.3, 0.4) is 0 Å². The summed E-state index contributed by atoms with van der Waals surface area (Å²) in [5.74, 6) is -0.560. The second-order valence-electron chi connectivity index (χ2n) is 8.78. The number of carbonyl (C=O) groups is 3. The van der Waals surface area contributed by atoms with Gasteiger partial charge in [-0.1, -0.05) is 54.4 Å². The van der Waals surface area contributed by atoms with Crippen molar-refractivity contribution in [3.63, 3.8) is 0 Å². The number of aryl methyl sites for hydroxylation is 1. The maximum absolute atomic E-state index is 12.7. The molecule has 0 bridgehead atoms. The molecule has 3 aromatic carbocycles. The van der Waals surface area contributed by atoms with Crippen LogP contribution in [0.5, 0.6) is 5.75 Å². The largest absolute Gasteiger partial charge is 0.484 e. The monoisotopic (exact) mass is 539 g/mol. The molecule has 0 saturated carbocycles. The molecule has 1 aliphatic heterocycles. The first kappa shape index (κ1) is 26.5. The third-order valence-corrected chi connectivity index (χ3v) is 6.49. The fraction of sp³-hybridized carbons (Fsp3) is 0.250. The van der Waals surface area contributed by atoms with Gasteiger partial charge in [0.2, 0.25) is 11.8 Å². The van der Waals surface area contributed by atoms with Crippen LogP contribution in [0.25, 0.3) is 0 Å². The Morgan fingerprint density at radius 3 is 2.27 bits per heavy atom. The Morgan fingerprint density at radius 2 is 1.62 bits per heavy atom. The van der Waals surface area contributed by atoms with Crippen molar-refractivity contribution in [3.05, 3.63) is 87.9 Å². The van der Waals surface area contributed by atoms with Gasteiger partial charge in [-0.3, -0.25) is 14.4 Å². The van der Waals surface area contributed by atoms with Gasteiger partial charge in [-0.05, 0) is 60.0 Å². The SMILES string of the molecule is CCc1ccc(CNC(=O)[C@@H]2CC(=O)N(c3ccc(OCC(=O)Nc4cc(Cl)cc(Cl)c4)cc3)C2)cc1. The van der Waals surface area contributed by atoms with Crippen LogP contribution in [0.4, 0.5) is 11.4 Å². The van der Waals surface area contributed by atoms with Gasteiger partial charge in [0.25, 0.3) is 5.91 Å². The molecule has 192 valence electrons. The van der Waals surface area contributed by atoms with E-state index >= 15 is 0 Å². The summed E-state index contributed by atoms with van der Waals surface area (Å²) in [6.07, 6.45) is 1.13. The first-order valence-electron chi connectivity index (χ1n) is 12.0. The highest BCUT2D eigenvalue weighted by Crippen LogP contribution is 2.27. The standard InChI is InChI=1S/C28H27Cl2N3O4/c1-2-18-3-5-19(6-4-18)15-31-28(36)20-11-27(35)33(16-20)24-7-9-25(10-8-24)37-17-26(34)32-23-13-21(29)12-22(30)14-23/h3-10,12-14,20H,2,11,15-17H2,1H3,(H,31,36)(H,32,34)/t20-/m1/s1. The van der Waals surface area contributed by atoms with Crippen molar-refractivity contribution >= 4 is 52.3 Å². The van der Waals surface area contributed by atoms with Crippen LogP contribution < -0.4 is 20.3 Å². The predicted molar refractivity (Wildman–Crippen MR) is 145 cm³/mol. The zero-order valence-corrected chi connectivity index (χ0v) is 21.8. The van der Waals surface area contributed by atoms with Crippen LogP contribution in [-0.4, -0.2) is 30.9 Å². The number of amides is 3. The molecule has 7 nitrogen and oxygen atoms in total. The maximum Gasteiger partial charge on any atom is 0.262 e. The molecule has 4 rings (SSSR count). The molecule has 0 aliphatic carbocycles. The van der Waals surface area contributed by atoms with Gasteiger partial charge >= 0.3 is 0 Å². The molecule has 1 fully saturated rings. The van der Waals surface area contributed by atoms with Gasteiger partial charge in [0.15, 0.2) is 6.61 Å². The van der Waals surface area contributed by atoms with Crippen LogP contribution in [0, 0.1) is 5.92 Å². The average Bonchev–Trinajstić information content (AvgIpc) is 3.27. The van der Waals surface area contributed by atoms with E-state index in [9.17, 15) is 14.4 Å². The van der Waals surface area contributed by atoms with Crippen LogP contribution in [-0.2, 0) is 27.3 Å². The molecule has 3 aromatic rings. The normalized spacial score (nSPS) is 14.9. The van der Waals surface area contributed by atoms with Crippen molar-refractivity contribution in [1.29, 1.82) is 0 Å². The van der Waals surface area contributed by atoms with E-state index in [1.54, 1.807) is 47.4 Å². The lowest BCUT2D eigenvalue weighted by Crippen LogP contribution is -2.32. The predicted octanol–water partition coefficient (Wildman–Crippen LogP) is 5.24. The molecule has 3 amide bonds.